The Kier molecular flexibility index (Phi) is 6.38. The van der Waals surface area contributed by atoms with Crippen molar-refractivity contribution in [3.63, 3.8) is 0 Å². The minimum absolute atomic E-state index is 0.122. The minimum Gasteiger partial charge on any atom is -0.424 e. The van der Waals surface area contributed by atoms with Gasteiger partial charge in [0.2, 0.25) is 0 Å². The van der Waals surface area contributed by atoms with Gasteiger partial charge in [0.1, 0.15) is 17.8 Å². The van der Waals surface area contributed by atoms with E-state index in [1.807, 2.05) is 0 Å². The maximum Gasteiger partial charge on any atom is 0.509 e. The van der Waals surface area contributed by atoms with Gasteiger partial charge >= 0.3 is 14.0 Å². The van der Waals surface area contributed by atoms with Crippen LogP contribution in [0.15, 0.2) is 47.9 Å². The summed E-state index contributed by atoms with van der Waals surface area (Å²) in [5.41, 5.74) is 5.13. The molecule has 35 heavy (non-hydrogen) atoms. The van der Waals surface area contributed by atoms with Gasteiger partial charge in [-0.2, -0.15) is 0 Å². The van der Waals surface area contributed by atoms with Gasteiger partial charge < -0.3 is 24.8 Å². The van der Waals surface area contributed by atoms with Crippen LogP contribution in [0.3, 0.4) is 0 Å². The van der Waals surface area contributed by atoms with Crippen molar-refractivity contribution in [1.82, 2.24) is 4.90 Å². The zero-order valence-electron chi connectivity index (χ0n) is 18.5. The van der Waals surface area contributed by atoms with Crippen molar-refractivity contribution in [1.29, 1.82) is 0 Å². The maximum atomic E-state index is 13.3. The molecule has 0 aliphatic carbocycles. The molecule has 0 bridgehead atoms. The molecule has 3 fully saturated rings. The molecule has 2 N–H and O–H groups in total. The second-order valence-corrected chi connectivity index (χ2v) is 10.9. The molecule has 11 nitrogen and oxygen atoms in total. The fraction of sp³-hybridized carbons (Fsp3) is 0.429. The molecule has 0 saturated carbocycles. The summed E-state index contributed by atoms with van der Waals surface area (Å²) >= 11 is 12.2. The Balaban J connectivity index is 1.31. The van der Waals surface area contributed by atoms with E-state index in [9.17, 15) is 9.36 Å². The predicted octanol–water partition coefficient (Wildman–Crippen LogP) is 4.27. The number of rotatable bonds is 5. The molecule has 4 aliphatic rings. The zero-order chi connectivity index (χ0) is 25.0. The summed E-state index contributed by atoms with van der Waals surface area (Å²) in [6.45, 7) is 5.38. The second kappa shape index (κ2) is 9.08. The Labute approximate surface area is 210 Å². The molecule has 4 heterocycles. The molecule has 0 radical (unpaired) electrons. The van der Waals surface area contributed by atoms with E-state index in [0.717, 1.165) is 0 Å². The standard InChI is InChI=1S/C21H22Cl2N3O8P/c1-11-25-17(24)3-5-26(11)19-21(2)18(32-20(27)33-21)16(31-19)10-30-35(28)29-6-4-15(34-35)12-7-13(22)9-14(23)8-12/h3,5,7-9,15-16,18-19H,1,4,6,10H2,2H3,(H2,24,25)/t15?,16-,18-,19-,21-,35?/m1/s1. The van der Waals surface area contributed by atoms with Gasteiger partial charge in [-0.1, -0.05) is 29.8 Å². The second-order valence-electron chi connectivity index (χ2n) is 8.44. The summed E-state index contributed by atoms with van der Waals surface area (Å²) in [5.74, 6) is 0.556. The number of fused-ring (bicyclic) bond motifs is 1. The molecule has 188 valence electrons. The molecule has 1 aromatic rings. The Morgan fingerprint density at radius 3 is 2.80 bits per heavy atom. The molecular weight excluding hydrogens is 524 g/mol. The van der Waals surface area contributed by atoms with E-state index in [-0.39, 0.29) is 24.9 Å². The Morgan fingerprint density at radius 1 is 1.34 bits per heavy atom. The average Bonchev–Trinajstić information content (AvgIpc) is 3.21. The van der Waals surface area contributed by atoms with E-state index in [4.69, 9.17) is 56.7 Å². The van der Waals surface area contributed by atoms with Gasteiger partial charge in [-0.25, -0.2) is 14.4 Å². The van der Waals surface area contributed by atoms with Crippen LogP contribution in [-0.2, 0) is 32.3 Å². The molecule has 4 aliphatic heterocycles. The van der Waals surface area contributed by atoms with Gasteiger partial charge in [0.15, 0.2) is 17.9 Å². The first-order valence-corrected chi connectivity index (χ1v) is 12.9. The lowest BCUT2D eigenvalue weighted by Crippen LogP contribution is -2.50. The van der Waals surface area contributed by atoms with Crippen LogP contribution in [0, 0.1) is 0 Å². The van der Waals surface area contributed by atoms with Crippen LogP contribution in [0.5, 0.6) is 0 Å². The van der Waals surface area contributed by atoms with Gasteiger partial charge in [-0.05, 0) is 36.8 Å². The third kappa shape index (κ3) is 4.70. The number of aliphatic imine (C=N–C) groups is 1. The smallest absolute Gasteiger partial charge is 0.424 e. The maximum absolute atomic E-state index is 13.3. The number of amidine groups is 1. The summed E-state index contributed by atoms with van der Waals surface area (Å²) in [6.07, 6.45) is -0.464. The number of halogens is 2. The van der Waals surface area contributed by atoms with E-state index in [0.29, 0.717) is 22.0 Å². The molecule has 0 spiro atoms. The lowest BCUT2D eigenvalue weighted by molar-refractivity contribution is -0.107. The number of carbonyl (C=O) groups excluding carboxylic acids is 1. The van der Waals surface area contributed by atoms with E-state index >= 15 is 0 Å². The molecule has 3 saturated heterocycles. The Hall–Kier alpha value is -2.11. The number of nitrogens with two attached hydrogens (primary N) is 1. The first-order chi connectivity index (χ1) is 16.6. The highest BCUT2D eigenvalue weighted by atomic mass is 35.5. The SMILES string of the molecule is C=C1N=C(N)C=CN1[C@@H]1O[C@H](COP2(=O)OCCC(c3cc(Cl)cc(Cl)c3)O2)[C@H]2OC(=O)O[C@]21C. The highest BCUT2D eigenvalue weighted by Crippen LogP contribution is 2.58. The number of benzene rings is 1. The first kappa shape index (κ1) is 24.6. The summed E-state index contributed by atoms with van der Waals surface area (Å²) in [4.78, 5) is 17.7. The van der Waals surface area contributed by atoms with Gasteiger partial charge in [-0.15, -0.1) is 0 Å². The molecule has 5 rings (SSSR count). The van der Waals surface area contributed by atoms with E-state index < -0.39 is 44.1 Å². The predicted molar refractivity (Wildman–Crippen MR) is 125 cm³/mol. The minimum atomic E-state index is -3.99. The zero-order valence-corrected chi connectivity index (χ0v) is 20.9. The molecule has 6 atom stereocenters. The van der Waals surface area contributed by atoms with Gasteiger partial charge in [0.05, 0.1) is 19.3 Å². The van der Waals surface area contributed by atoms with Crippen LogP contribution in [0.4, 0.5) is 4.79 Å². The molecule has 0 aromatic heterocycles. The molecule has 2 unspecified atom stereocenters. The van der Waals surface area contributed by atoms with Crippen molar-refractivity contribution >= 4 is 43.0 Å². The lowest BCUT2D eigenvalue weighted by Gasteiger charge is -2.35. The number of hydrogen-bond acceptors (Lipinski definition) is 11. The van der Waals surface area contributed by atoms with Gasteiger partial charge in [-0.3, -0.25) is 13.6 Å². The van der Waals surface area contributed by atoms with Crippen LogP contribution in [0.2, 0.25) is 10.0 Å². The number of carbonyl (C=O) groups is 1. The van der Waals surface area contributed by atoms with Crippen molar-refractivity contribution in [2.45, 2.75) is 43.5 Å². The molecule has 14 heteroatoms. The number of ether oxygens (including phenoxy) is 3. The van der Waals surface area contributed by atoms with E-state index in [1.54, 1.807) is 42.3 Å². The summed E-state index contributed by atoms with van der Waals surface area (Å²) in [5, 5.41) is 0.844. The van der Waals surface area contributed by atoms with Crippen molar-refractivity contribution in [3.05, 3.63) is 58.5 Å². The highest BCUT2D eigenvalue weighted by molar-refractivity contribution is 7.48. The van der Waals surface area contributed by atoms with Crippen LogP contribution in [-0.4, -0.2) is 54.1 Å². The highest BCUT2D eigenvalue weighted by Gasteiger charge is 2.65. The molecular formula is C21H22Cl2N3O8P. The monoisotopic (exact) mass is 545 g/mol. The van der Waals surface area contributed by atoms with Crippen molar-refractivity contribution in [2.24, 2.45) is 10.7 Å². The van der Waals surface area contributed by atoms with Gasteiger partial charge in [0, 0.05) is 22.7 Å². The quantitative estimate of drug-likeness (QED) is 0.422. The van der Waals surface area contributed by atoms with Gasteiger partial charge in [0.25, 0.3) is 0 Å². The topological polar surface area (TPSA) is 131 Å². The number of phosphoric ester groups is 1. The number of nitrogens with zero attached hydrogens (tertiary/aromatic N) is 2. The number of hydrogen-bond donors (Lipinski definition) is 1. The Morgan fingerprint density at radius 2 is 2.09 bits per heavy atom. The summed E-state index contributed by atoms with van der Waals surface area (Å²) in [6, 6.07) is 4.94. The fourth-order valence-corrected chi connectivity index (χ4v) is 6.33. The largest absolute Gasteiger partial charge is 0.509 e. The number of phosphoric acid groups is 1. The third-order valence-corrected chi connectivity index (χ3v) is 7.89. The van der Waals surface area contributed by atoms with Crippen LogP contribution < -0.4 is 5.73 Å². The normalized spacial score (nSPS) is 36.5. The summed E-state index contributed by atoms with van der Waals surface area (Å²) < 4.78 is 46.8. The average molecular weight is 546 g/mol. The van der Waals surface area contributed by atoms with Crippen LogP contribution in [0.25, 0.3) is 0 Å². The lowest BCUT2D eigenvalue weighted by atomic mass is 9.96. The van der Waals surface area contributed by atoms with E-state index in [1.165, 1.54) is 0 Å². The third-order valence-electron chi connectivity index (χ3n) is 5.98. The molecule has 0 amide bonds. The molecule has 1 aromatic carbocycles. The van der Waals surface area contributed by atoms with Crippen LogP contribution >= 0.6 is 31.0 Å². The van der Waals surface area contributed by atoms with Crippen LogP contribution in [0.1, 0.15) is 25.0 Å². The Bertz CT molecular complexity index is 1160. The van der Waals surface area contributed by atoms with Crippen molar-refractivity contribution in [3.8, 4) is 0 Å². The summed E-state index contributed by atoms with van der Waals surface area (Å²) in [7, 11) is -3.99. The first-order valence-electron chi connectivity index (χ1n) is 10.6. The van der Waals surface area contributed by atoms with Crippen molar-refractivity contribution in [2.75, 3.05) is 13.2 Å². The fourth-order valence-electron chi connectivity index (χ4n) is 4.39. The van der Waals surface area contributed by atoms with E-state index in [2.05, 4.69) is 11.6 Å². The van der Waals surface area contributed by atoms with Crippen molar-refractivity contribution < 1.29 is 37.1 Å².